The van der Waals surface area contributed by atoms with Crippen LogP contribution in [0.5, 0.6) is 0 Å². The Morgan fingerprint density at radius 3 is 2.40 bits per heavy atom. The van der Waals surface area contributed by atoms with Crippen LogP contribution in [0.2, 0.25) is 5.02 Å². The summed E-state index contributed by atoms with van der Waals surface area (Å²) in [5.41, 5.74) is 0.359. The van der Waals surface area contributed by atoms with E-state index in [9.17, 15) is 18.0 Å². The molecule has 1 aliphatic carbocycles. The zero-order valence-corrected chi connectivity index (χ0v) is 16.9. The lowest BCUT2D eigenvalue weighted by molar-refractivity contribution is -0.140. The Kier molecular flexibility index (Phi) is 5.45. The van der Waals surface area contributed by atoms with Crippen LogP contribution < -0.4 is 5.32 Å². The molecule has 1 N–H and O–H groups in total. The number of rotatable bonds is 4. The van der Waals surface area contributed by atoms with E-state index in [1.54, 1.807) is 6.07 Å². The first-order valence-corrected chi connectivity index (χ1v) is 10.1. The second-order valence-electron chi connectivity index (χ2n) is 7.75. The number of benzene rings is 2. The van der Waals surface area contributed by atoms with Crippen LogP contribution in [-0.4, -0.2) is 17.3 Å². The molecule has 30 heavy (non-hydrogen) atoms. The fourth-order valence-corrected chi connectivity index (χ4v) is 4.29. The second kappa shape index (κ2) is 7.91. The minimum absolute atomic E-state index is 0.224. The highest BCUT2D eigenvalue weighted by Gasteiger charge is 2.37. The van der Waals surface area contributed by atoms with Crippen LogP contribution in [0.4, 0.5) is 18.9 Å². The van der Waals surface area contributed by atoms with Crippen molar-refractivity contribution in [3.8, 4) is 0 Å². The molecule has 0 atom stereocenters. The zero-order chi connectivity index (χ0) is 21.4. The number of hydrogen-bond acceptors (Lipinski definition) is 3. The van der Waals surface area contributed by atoms with Crippen molar-refractivity contribution in [1.82, 2.24) is 4.98 Å². The summed E-state index contributed by atoms with van der Waals surface area (Å²) in [5, 5.41) is 4.20. The van der Waals surface area contributed by atoms with E-state index in [1.807, 2.05) is 30.3 Å². The maximum absolute atomic E-state index is 13.4. The molecule has 0 aliphatic heterocycles. The third kappa shape index (κ3) is 4.15. The Labute approximate surface area is 177 Å². The maximum atomic E-state index is 13.4. The second-order valence-corrected chi connectivity index (χ2v) is 8.19. The van der Waals surface area contributed by atoms with E-state index >= 15 is 0 Å². The first-order chi connectivity index (χ1) is 14.3. The first-order valence-electron chi connectivity index (χ1n) is 9.75. The van der Waals surface area contributed by atoms with E-state index in [-0.39, 0.29) is 16.7 Å². The summed E-state index contributed by atoms with van der Waals surface area (Å²) in [4.78, 5) is 15.6. The summed E-state index contributed by atoms with van der Waals surface area (Å²) in [6.07, 6.45) is -2.32. The fourth-order valence-electron chi connectivity index (χ4n) is 4.12. The van der Waals surface area contributed by atoms with E-state index in [1.165, 1.54) is 12.1 Å². The Balaban J connectivity index is 1.73. The number of ketones is 1. The van der Waals surface area contributed by atoms with Crippen LogP contribution >= 0.6 is 11.6 Å². The number of aromatic nitrogens is 1. The molecule has 4 rings (SSSR count). The summed E-state index contributed by atoms with van der Waals surface area (Å²) in [5.74, 6) is 0.224. The average molecular weight is 433 g/mol. The predicted molar refractivity (Wildman–Crippen MR) is 112 cm³/mol. The van der Waals surface area contributed by atoms with Crippen LogP contribution in [0.15, 0.2) is 54.6 Å². The summed E-state index contributed by atoms with van der Waals surface area (Å²) >= 11 is 6.09. The molecule has 3 aromatic rings. The number of fused-ring (bicyclic) bond motifs is 1. The number of carbonyl (C=O) groups is 1. The van der Waals surface area contributed by atoms with Gasteiger partial charge in [0.25, 0.3) is 0 Å². The topological polar surface area (TPSA) is 42.0 Å². The van der Waals surface area contributed by atoms with Crippen molar-refractivity contribution in [1.29, 1.82) is 0 Å². The SMILES string of the molecule is O=C1CCC(CNc2cc(C(F)(F)F)nc3ccc(Cl)cc23)(c2ccccc2)CC1. The molecule has 1 saturated carbocycles. The van der Waals surface area contributed by atoms with Gasteiger partial charge >= 0.3 is 6.18 Å². The molecule has 0 amide bonds. The molecule has 2 aromatic carbocycles. The number of Topliss-reactive ketones (excluding diaryl/α,β-unsaturated/α-hetero) is 1. The van der Waals surface area contributed by atoms with Crippen LogP contribution in [0.3, 0.4) is 0 Å². The molecule has 1 fully saturated rings. The third-order valence-electron chi connectivity index (χ3n) is 5.83. The molecule has 0 spiro atoms. The van der Waals surface area contributed by atoms with Crippen molar-refractivity contribution in [3.63, 3.8) is 0 Å². The van der Waals surface area contributed by atoms with E-state index < -0.39 is 11.9 Å². The molecule has 156 valence electrons. The highest BCUT2D eigenvalue weighted by molar-refractivity contribution is 6.31. The minimum Gasteiger partial charge on any atom is -0.384 e. The number of hydrogen-bond donors (Lipinski definition) is 1. The summed E-state index contributed by atoms with van der Waals surface area (Å²) < 4.78 is 40.2. The summed E-state index contributed by atoms with van der Waals surface area (Å²) in [6.45, 7) is 0.410. The monoisotopic (exact) mass is 432 g/mol. The number of pyridine rings is 1. The number of alkyl halides is 3. The molecule has 0 radical (unpaired) electrons. The van der Waals surface area contributed by atoms with Gasteiger partial charge in [0.15, 0.2) is 0 Å². The van der Waals surface area contributed by atoms with Crippen LogP contribution in [0, 0.1) is 0 Å². The van der Waals surface area contributed by atoms with Crippen molar-refractivity contribution in [2.45, 2.75) is 37.3 Å². The van der Waals surface area contributed by atoms with Crippen LogP contribution in [-0.2, 0) is 16.4 Å². The lowest BCUT2D eigenvalue weighted by atomic mass is 9.69. The first kappa shape index (κ1) is 20.7. The zero-order valence-electron chi connectivity index (χ0n) is 16.1. The van der Waals surface area contributed by atoms with Gasteiger partial charge in [-0.15, -0.1) is 0 Å². The van der Waals surface area contributed by atoms with Crippen molar-refractivity contribution < 1.29 is 18.0 Å². The third-order valence-corrected chi connectivity index (χ3v) is 6.06. The molecular weight excluding hydrogens is 413 g/mol. The Bertz CT molecular complexity index is 1070. The summed E-state index contributed by atoms with van der Waals surface area (Å²) in [7, 11) is 0. The quantitative estimate of drug-likeness (QED) is 0.518. The van der Waals surface area contributed by atoms with Gasteiger partial charge in [-0.1, -0.05) is 41.9 Å². The predicted octanol–water partition coefficient (Wildman–Crippen LogP) is 6.40. The molecule has 1 aliphatic rings. The van der Waals surface area contributed by atoms with Gasteiger partial charge < -0.3 is 5.32 Å². The van der Waals surface area contributed by atoms with Gasteiger partial charge in [-0.05, 0) is 42.7 Å². The van der Waals surface area contributed by atoms with Crippen LogP contribution in [0.25, 0.3) is 10.9 Å². The molecule has 3 nitrogen and oxygen atoms in total. The molecule has 0 saturated heterocycles. The normalized spacial score (nSPS) is 16.6. The van der Waals surface area contributed by atoms with E-state index in [4.69, 9.17) is 11.6 Å². The summed E-state index contributed by atoms with van der Waals surface area (Å²) in [6, 6.07) is 15.5. The highest BCUT2D eigenvalue weighted by Crippen LogP contribution is 2.40. The highest BCUT2D eigenvalue weighted by atomic mass is 35.5. The van der Waals surface area contributed by atoms with Gasteiger partial charge in [-0.3, -0.25) is 4.79 Å². The number of carbonyl (C=O) groups excluding carboxylic acids is 1. The number of anilines is 1. The van der Waals surface area contributed by atoms with Crippen molar-refractivity contribution >= 4 is 34.0 Å². The molecule has 0 bridgehead atoms. The maximum Gasteiger partial charge on any atom is 0.433 e. The van der Waals surface area contributed by atoms with Crippen molar-refractivity contribution in [3.05, 3.63) is 70.9 Å². The van der Waals surface area contributed by atoms with E-state index in [2.05, 4.69) is 10.3 Å². The standard InChI is InChI=1S/C23H20ClF3N2O/c24-16-6-7-19-18(12-16)20(13-21(29-19)23(25,26)27)28-14-22(10-8-17(30)9-11-22)15-4-2-1-3-5-15/h1-7,12-13H,8-11,14H2,(H,28,29). The fraction of sp³-hybridized carbons (Fsp3) is 0.304. The average Bonchev–Trinajstić information content (AvgIpc) is 2.73. The molecule has 0 unspecified atom stereocenters. The van der Waals surface area contributed by atoms with Gasteiger partial charge in [0.05, 0.1) is 5.52 Å². The van der Waals surface area contributed by atoms with E-state index in [0.717, 1.165) is 11.6 Å². The molecule has 7 heteroatoms. The van der Waals surface area contributed by atoms with Crippen LogP contribution in [0.1, 0.15) is 36.9 Å². The van der Waals surface area contributed by atoms with Gasteiger partial charge in [-0.25, -0.2) is 4.98 Å². The Morgan fingerprint density at radius 2 is 1.73 bits per heavy atom. The van der Waals surface area contributed by atoms with E-state index in [0.29, 0.717) is 48.3 Å². The molecular formula is C23H20ClF3N2O. The molecule has 1 aromatic heterocycles. The smallest absolute Gasteiger partial charge is 0.384 e. The largest absolute Gasteiger partial charge is 0.433 e. The minimum atomic E-state index is -4.56. The lowest BCUT2D eigenvalue weighted by Crippen LogP contribution is -2.38. The van der Waals surface area contributed by atoms with Crippen molar-refractivity contribution in [2.75, 3.05) is 11.9 Å². The van der Waals surface area contributed by atoms with Gasteiger partial charge in [0, 0.05) is 40.9 Å². The number of halogens is 4. The number of nitrogens with one attached hydrogen (secondary N) is 1. The Hall–Kier alpha value is -2.60. The Morgan fingerprint density at radius 1 is 1.03 bits per heavy atom. The lowest BCUT2D eigenvalue weighted by Gasteiger charge is -2.38. The van der Waals surface area contributed by atoms with Gasteiger partial charge in [0.2, 0.25) is 0 Å². The molecule has 1 heterocycles. The number of nitrogens with zero attached hydrogens (tertiary/aromatic N) is 1. The van der Waals surface area contributed by atoms with Crippen molar-refractivity contribution in [2.24, 2.45) is 0 Å². The van der Waals surface area contributed by atoms with Gasteiger partial charge in [-0.2, -0.15) is 13.2 Å². The van der Waals surface area contributed by atoms with Gasteiger partial charge in [0.1, 0.15) is 11.5 Å².